The maximum absolute atomic E-state index is 4.30. The van der Waals surface area contributed by atoms with E-state index in [0.717, 1.165) is 18.0 Å². The van der Waals surface area contributed by atoms with E-state index in [0.29, 0.717) is 0 Å². The first-order valence-corrected chi connectivity index (χ1v) is 3.83. The number of hydrogen-bond acceptors (Lipinski definition) is 2. The molecule has 2 heteroatoms. The number of allylic oxidation sites excluding steroid dienone is 1. The molecule has 0 spiro atoms. The fraction of sp³-hybridized carbons (Fsp3) is 0.444. The van der Waals surface area contributed by atoms with Crippen LogP contribution >= 0.6 is 0 Å². The van der Waals surface area contributed by atoms with E-state index in [1.807, 2.05) is 18.9 Å². The summed E-state index contributed by atoms with van der Waals surface area (Å²) in [7, 11) is 1.97. The van der Waals surface area contributed by atoms with Crippen LogP contribution < -0.4 is 0 Å². The summed E-state index contributed by atoms with van der Waals surface area (Å²) in [6.07, 6.45) is 3.12. The monoisotopic (exact) mass is 150 g/mol. The number of rotatable bonds is 1. The van der Waals surface area contributed by atoms with Crippen LogP contribution in [0.4, 0.5) is 0 Å². The lowest BCUT2D eigenvalue weighted by molar-refractivity contribution is 0.553. The highest BCUT2D eigenvalue weighted by Crippen LogP contribution is 2.15. The molecule has 2 nitrogen and oxygen atoms in total. The van der Waals surface area contributed by atoms with Crippen molar-refractivity contribution < 1.29 is 0 Å². The second kappa shape index (κ2) is 2.91. The Labute approximate surface area is 67.9 Å². The topological polar surface area (TPSA) is 15.6 Å². The maximum atomic E-state index is 4.30. The van der Waals surface area contributed by atoms with Crippen LogP contribution in [-0.2, 0) is 0 Å². The second-order valence-corrected chi connectivity index (χ2v) is 2.73. The molecule has 1 aliphatic rings. The normalized spacial score (nSPS) is 18.1. The van der Waals surface area contributed by atoms with Crippen LogP contribution in [0.15, 0.2) is 29.2 Å². The molecule has 0 bridgehead atoms. The Morgan fingerprint density at radius 2 is 2.27 bits per heavy atom. The van der Waals surface area contributed by atoms with E-state index in [-0.39, 0.29) is 0 Å². The lowest BCUT2D eigenvalue weighted by atomic mass is 10.1. The predicted molar refractivity (Wildman–Crippen MR) is 48.4 cm³/mol. The Morgan fingerprint density at radius 3 is 2.82 bits per heavy atom. The molecule has 0 atom stereocenters. The van der Waals surface area contributed by atoms with Crippen molar-refractivity contribution in [3.05, 3.63) is 24.2 Å². The van der Waals surface area contributed by atoms with E-state index in [1.165, 1.54) is 5.57 Å². The van der Waals surface area contributed by atoms with Gasteiger partial charge in [0.15, 0.2) is 0 Å². The highest BCUT2D eigenvalue weighted by molar-refractivity contribution is 5.99. The van der Waals surface area contributed by atoms with Gasteiger partial charge in [0.2, 0.25) is 0 Å². The van der Waals surface area contributed by atoms with Gasteiger partial charge in [0, 0.05) is 19.0 Å². The number of aliphatic imine (C=N–C) groups is 1. The third-order valence-corrected chi connectivity index (χ3v) is 1.90. The van der Waals surface area contributed by atoms with E-state index in [1.54, 1.807) is 0 Å². The van der Waals surface area contributed by atoms with Crippen molar-refractivity contribution in [2.75, 3.05) is 7.05 Å². The molecule has 1 heterocycles. The minimum Gasteiger partial charge on any atom is -0.336 e. The molecule has 0 aliphatic carbocycles. The van der Waals surface area contributed by atoms with Gasteiger partial charge < -0.3 is 4.90 Å². The average molecular weight is 150 g/mol. The third kappa shape index (κ3) is 1.50. The van der Waals surface area contributed by atoms with Gasteiger partial charge in [-0.1, -0.05) is 13.5 Å². The molecule has 0 N–H and O–H groups in total. The Balaban J connectivity index is 2.91. The van der Waals surface area contributed by atoms with E-state index in [4.69, 9.17) is 0 Å². The van der Waals surface area contributed by atoms with Gasteiger partial charge in [-0.05, 0) is 18.9 Å². The largest absolute Gasteiger partial charge is 0.336 e. The Morgan fingerprint density at radius 1 is 1.64 bits per heavy atom. The van der Waals surface area contributed by atoms with Gasteiger partial charge in [0.1, 0.15) is 5.82 Å². The van der Waals surface area contributed by atoms with Gasteiger partial charge in [-0.25, -0.2) is 4.99 Å². The van der Waals surface area contributed by atoms with Gasteiger partial charge in [-0.15, -0.1) is 0 Å². The molecule has 60 valence electrons. The smallest absolute Gasteiger partial charge is 0.125 e. The summed E-state index contributed by atoms with van der Waals surface area (Å²) in [4.78, 5) is 6.25. The van der Waals surface area contributed by atoms with Crippen molar-refractivity contribution in [2.45, 2.75) is 20.3 Å². The summed E-state index contributed by atoms with van der Waals surface area (Å²) < 4.78 is 0. The first-order chi connectivity index (χ1) is 5.15. The van der Waals surface area contributed by atoms with Crippen LogP contribution in [0.5, 0.6) is 0 Å². The first-order valence-electron chi connectivity index (χ1n) is 3.83. The van der Waals surface area contributed by atoms with Crippen molar-refractivity contribution in [2.24, 2.45) is 4.99 Å². The SMILES string of the molecule is C=C1N=C(C)C(CC)=CN1C. The van der Waals surface area contributed by atoms with Gasteiger partial charge >= 0.3 is 0 Å². The molecule has 0 unspecified atom stereocenters. The molecule has 0 aromatic carbocycles. The Hall–Kier alpha value is -1.05. The molecule has 11 heavy (non-hydrogen) atoms. The van der Waals surface area contributed by atoms with Gasteiger partial charge in [0.05, 0.1) is 0 Å². The molecule has 0 fully saturated rings. The van der Waals surface area contributed by atoms with E-state index in [9.17, 15) is 0 Å². The molecular weight excluding hydrogens is 136 g/mol. The lowest BCUT2D eigenvalue weighted by Crippen LogP contribution is -2.16. The quantitative estimate of drug-likeness (QED) is 0.559. The average Bonchev–Trinajstić information content (AvgIpc) is 1.97. The zero-order valence-electron chi connectivity index (χ0n) is 7.39. The fourth-order valence-electron chi connectivity index (χ4n) is 1.09. The lowest BCUT2D eigenvalue weighted by Gasteiger charge is -2.21. The van der Waals surface area contributed by atoms with Crippen molar-refractivity contribution in [3.63, 3.8) is 0 Å². The Bertz CT molecular complexity index is 236. The molecule has 0 saturated heterocycles. The van der Waals surface area contributed by atoms with Gasteiger partial charge in [-0.2, -0.15) is 0 Å². The summed E-state index contributed by atoms with van der Waals surface area (Å²) in [5, 5.41) is 0. The van der Waals surface area contributed by atoms with Crippen molar-refractivity contribution in [3.8, 4) is 0 Å². The van der Waals surface area contributed by atoms with Gasteiger partial charge in [-0.3, -0.25) is 0 Å². The minimum absolute atomic E-state index is 0.819. The zero-order chi connectivity index (χ0) is 8.43. The molecule has 1 aliphatic heterocycles. The number of nitrogens with zero attached hydrogens (tertiary/aromatic N) is 2. The van der Waals surface area contributed by atoms with Crippen LogP contribution in [0.1, 0.15) is 20.3 Å². The minimum atomic E-state index is 0.819. The van der Waals surface area contributed by atoms with Crippen LogP contribution in [0, 0.1) is 0 Å². The van der Waals surface area contributed by atoms with Gasteiger partial charge in [0.25, 0.3) is 0 Å². The standard InChI is InChI=1S/C9H14N2/c1-5-9-6-11(4)8(3)10-7(9)2/h6H,3,5H2,1-2,4H3. The van der Waals surface area contributed by atoms with Crippen LogP contribution in [0.3, 0.4) is 0 Å². The first kappa shape index (κ1) is 8.05. The van der Waals surface area contributed by atoms with E-state index < -0.39 is 0 Å². The number of hydrogen-bond donors (Lipinski definition) is 0. The maximum Gasteiger partial charge on any atom is 0.125 e. The highest BCUT2D eigenvalue weighted by atomic mass is 15.2. The Kier molecular flexibility index (Phi) is 2.13. The van der Waals surface area contributed by atoms with Crippen molar-refractivity contribution >= 4 is 5.71 Å². The molecule has 0 radical (unpaired) electrons. The van der Waals surface area contributed by atoms with E-state index in [2.05, 4.69) is 24.7 Å². The molecule has 0 saturated carbocycles. The third-order valence-electron chi connectivity index (χ3n) is 1.90. The molecule has 0 amide bonds. The van der Waals surface area contributed by atoms with Crippen molar-refractivity contribution in [1.82, 2.24) is 4.90 Å². The molecule has 0 aromatic heterocycles. The molecule has 1 rings (SSSR count). The van der Waals surface area contributed by atoms with Crippen LogP contribution in [0.25, 0.3) is 0 Å². The van der Waals surface area contributed by atoms with E-state index >= 15 is 0 Å². The fourth-order valence-corrected chi connectivity index (χ4v) is 1.09. The van der Waals surface area contributed by atoms with Crippen LogP contribution in [-0.4, -0.2) is 17.7 Å². The summed E-state index contributed by atoms with van der Waals surface area (Å²) >= 11 is 0. The van der Waals surface area contributed by atoms with Crippen molar-refractivity contribution in [1.29, 1.82) is 0 Å². The van der Waals surface area contributed by atoms with Crippen LogP contribution in [0.2, 0.25) is 0 Å². The summed E-state index contributed by atoms with van der Waals surface area (Å²) in [5.74, 6) is 0.819. The highest BCUT2D eigenvalue weighted by Gasteiger charge is 2.08. The summed E-state index contributed by atoms with van der Waals surface area (Å²) in [6.45, 7) is 7.96. The zero-order valence-corrected chi connectivity index (χ0v) is 7.39. The predicted octanol–water partition coefficient (Wildman–Crippen LogP) is 2.16. The molecular formula is C9H14N2. The molecule has 0 aromatic rings. The second-order valence-electron chi connectivity index (χ2n) is 2.73. The summed E-state index contributed by atoms with van der Waals surface area (Å²) in [5.41, 5.74) is 2.38. The summed E-state index contributed by atoms with van der Waals surface area (Å²) in [6, 6.07) is 0.